The maximum absolute atomic E-state index is 10.4. The van der Waals surface area contributed by atoms with Gasteiger partial charge in [0.2, 0.25) is 0 Å². The number of aliphatic hydroxyl groups is 1. The van der Waals surface area contributed by atoms with Gasteiger partial charge in [0.05, 0.1) is 26.4 Å². The normalized spacial score (nSPS) is 13.4. The molecule has 0 rings (SSSR count). The van der Waals surface area contributed by atoms with Crippen molar-refractivity contribution in [2.45, 2.75) is 12.4 Å². The second-order valence-electron chi connectivity index (χ2n) is 2.29. The first-order chi connectivity index (χ1) is 5.98. The summed E-state index contributed by atoms with van der Waals surface area (Å²) in [6.07, 6.45) is 0. The van der Waals surface area contributed by atoms with Gasteiger partial charge in [0.1, 0.15) is 0 Å². The van der Waals surface area contributed by atoms with Gasteiger partial charge in [0.15, 0.2) is 5.44 Å². The monoisotopic (exact) mass is 238 g/mol. The van der Waals surface area contributed by atoms with Gasteiger partial charge in [0, 0.05) is 0 Å². The molecule has 0 aliphatic rings. The zero-order chi connectivity index (χ0) is 10.3. The number of rotatable bonds is 7. The van der Waals surface area contributed by atoms with Gasteiger partial charge in [-0.25, -0.2) is 0 Å². The number of hydrogen-bond acceptors (Lipinski definition) is 5. The fraction of sp³-hybridized carbons (Fsp3) is 1.00. The van der Waals surface area contributed by atoms with Crippen molar-refractivity contribution in [3.05, 3.63) is 0 Å². The average molecular weight is 238 g/mol. The van der Waals surface area contributed by atoms with Crippen LogP contribution in [0.15, 0.2) is 0 Å². The summed E-state index contributed by atoms with van der Waals surface area (Å²) in [7, 11) is -4.12. The van der Waals surface area contributed by atoms with Gasteiger partial charge in [-0.2, -0.15) is 8.42 Å². The molecule has 0 fully saturated rings. The molecule has 0 aliphatic heterocycles. The van der Waals surface area contributed by atoms with E-state index in [2.05, 4.69) is 0 Å². The molecule has 0 heterocycles. The predicted molar refractivity (Wildman–Crippen MR) is 46.0 cm³/mol. The Morgan fingerprint density at radius 3 is 2.36 bits per heavy atom. The van der Waals surface area contributed by atoms with Gasteiger partial charge >= 0.3 is 29.6 Å². The van der Waals surface area contributed by atoms with Crippen LogP contribution in [0.5, 0.6) is 0 Å². The predicted octanol–water partition coefficient (Wildman–Crippen LogP) is -3.64. The number of aliphatic hydroxyl groups excluding tert-OH is 1. The van der Waals surface area contributed by atoms with Crippen molar-refractivity contribution in [3.8, 4) is 0 Å². The van der Waals surface area contributed by atoms with E-state index in [1.807, 2.05) is 0 Å². The molecule has 0 saturated carbocycles. The third kappa shape index (κ3) is 9.35. The molecule has 0 aromatic heterocycles. The molecule has 1 unspecified atom stereocenters. The van der Waals surface area contributed by atoms with Gasteiger partial charge < -0.3 is 16.0 Å². The van der Waals surface area contributed by atoms with E-state index >= 15 is 0 Å². The van der Waals surface area contributed by atoms with E-state index in [0.717, 1.165) is 0 Å². The van der Waals surface area contributed by atoms with Crippen LogP contribution in [-0.2, 0) is 19.6 Å². The minimum atomic E-state index is -4.12. The molecule has 82 valence electrons. The second-order valence-corrected chi connectivity index (χ2v) is 3.98. The summed E-state index contributed by atoms with van der Waals surface area (Å²) in [6.45, 7) is 1.56. The largest absolute Gasteiger partial charge is 1.00 e. The molecule has 0 saturated heterocycles. The Morgan fingerprint density at radius 1 is 1.36 bits per heavy atom. The van der Waals surface area contributed by atoms with Crippen molar-refractivity contribution in [1.82, 2.24) is 0 Å². The Morgan fingerprint density at radius 2 is 1.93 bits per heavy atom. The van der Waals surface area contributed by atoms with Crippen LogP contribution in [0.1, 0.15) is 8.35 Å². The number of hydrogen-bond donors (Lipinski definition) is 2. The molecule has 0 radical (unpaired) electrons. The van der Waals surface area contributed by atoms with Crippen molar-refractivity contribution in [2.75, 3.05) is 26.4 Å². The molecule has 2 N–H and O–H groups in total. The molecule has 8 heteroatoms. The topological polar surface area (TPSA) is 93.1 Å². The van der Waals surface area contributed by atoms with Gasteiger partial charge in [-0.05, 0) is 6.92 Å². The molecule has 0 amide bonds. The van der Waals surface area contributed by atoms with Gasteiger partial charge in [-0.3, -0.25) is 4.55 Å². The molecule has 6 nitrogen and oxygen atoms in total. The summed E-state index contributed by atoms with van der Waals surface area (Å²) in [5.74, 6) is 0. The summed E-state index contributed by atoms with van der Waals surface area (Å²) in [5, 5.41) is 8.30. The van der Waals surface area contributed by atoms with Crippen LogP contribution in [0, 0.1) is 0 Å². The molecule has 0 aromatic rings. The minimum absolute atomic E-state index is 0. The maximum Gasteiger partial charge on any atom is 1.00 e. The summed E-state index contributed by atoms with van der Waals surface area (Å²) in [4.78, 5) is 0. The minimum Gasteiger partial charge on any atom is -1.00 e. The average Bonchev–Trinajstić information content (AvgIpc) is 2.02. The summed E-state index contributed by atoms with van der Waals surface area (Å²) >= 11 is 0. The van der Waals surface area contributed by atoms with E-state index in [-0.39, 0.29) is 57.4 Å². The molecular weight excluding hydrogens is 223 g/mol. The quantitative estimate of drug-likeness (QED) is 0.270. The molecule has 1 atom stereocenters. The Balaban J connectivity index is -0.000000720. The Bertz CT molecular complexity index is 222. The Labute approximate surface area is 107 Å². The first-order valence-electron chi connectivity index (χ1n) is 3.75. The maximum atomic E-state index is 10.4. The van der Waals surface area contributed by atoms with E-state index in [1.54, 1.807) is 0 Å². The zero-order valence-electron chi connectivity index (χ0n) is 9.34. The first kappa shape index (κ1) is 17.2. The Kier molecular flexibility index (Phi) is 11.1. The SMILES string of the molecule is CC(OCCOCCO)S(=O)(=O)O.[H-].[Na+]. The van der Waals surface area contributed by atoms with E-state index in [1.165, 1.54) is 6.92 Å². The van der Waals surface area contributed by atoms with Crippen LogP contribution < -0.4 is 29.6 Å². The molecule has 0 aliphatic carbocycles. The van der Waals surface area contributed by atoms with Crippen LogP contribution in [0.3, 0.4) is 0 Å². The van der Waals surface area contributed by atoms with Crippen molar-refractivity contribution < 1.29 is 58.5 Å². The van der Waals surface area contributed by atoms with Crippen molar-refractivity contribution in [1.29, 1.82) is 0 Å². The van der Waals surface area contributed by atoms with Crippen molar-refractivity contribution in [3.63, 3.8) is 0 Å². The fourth-order valence-corrected chi connectivity index (χ4v) is 0.794. The van der Waals surface area contributed by atoms with Gasteiger partial charge in [-0.15, -0.1) is 0 Å². The van der Waals surface area contributed by atoms with Crippen LogP contribution in [-0.4, -0.2) is 49.9 Å². The molecule has 0 bridgehead atoms. The third-order valence-electron chi connectivity index (χ3n) is 1.24. The zero-order valence-corrected chi connectivity index (χ0v) is 11.2. The van der Waals surface area contributed by atoms with E-state index in [0.29, 0.717) is 0 Å². The molecule has 14 heavy (non-hydrogen) atoms. The third-order valence-corrected chi connectivity index (χ3v) is 2.21. The van der Waals surface area contributed by atoms with Gasteiger partial charge in [0.25, 0.3) is 10.1 Å². The summed E-state index contributed by atoms with van der Waals surface area (Å²) in [5.41, 5.74) is -1.25. The van der Waals surface area contributed by atoms with Crippen LogP contribution in [0.25, 0.3) is 0 Å². The molecule has 0 spiro atoms. The van der Waals surface area contributed by atoms with Crippen molar-refractivity contribution in [2.24, 2.45) is 0 Å². The molecule has 0 aromatic carbocycles. The Hall–Kier alpha value is 0.790. The fourth-order valence-electron chi connectivity index (χ4n) is 0.526. The smallest absolute Gasteiger partial charge is 1.00 e. The first-order valence-corrected chi connectivity index (χ1v) is 5.25. The summed E-state index contributed by atoms with van der Waals surface area (Å²) in [6, 6.07) is 0. The van der Waals surface area contributed by atoms with E-state index in [9.17, 15) is 8.42 Å². The van der Waals surface area contributed by atoms with E-state index in [4.69, 9.17) is 19.1 Å². The van der Waals surface area contributed by atoms with Crippen LogP contribution in [0.4, 0.5) is 0 Å². The molecular formula is C6H15NaO6S. The summed E-state index contributed by atoms with van der Waals surface area (Å²) < 4.78 is 38.8. The van der Waals surface area contributed by atoms with Gasteiger partial charge in [-0.1, -0.05) is 0 Å². The van der Waals surface area contributed by atoms with Crippen LogP contribution >= 0.6 is 0 Å². The second kappa shape index (κ2) is 9.05. The number of ether oxygens (including phenoxy) is 2. The van der Waals surface area contributed by atoms with E-state index < -0.39 is 15.6 Å². The standard InChI is InChI=1S/C6H14O6S.Na.H/c1-6(13(8,9)10)12-5-4-11-3-2-7;;/h6-7H,2-5H2,1H3,(H,8,9,10);;/q;+1;-1. The van der Waals surface area contributed by atoms with Crippen molar-refractivity contribution >= 4 is 10.1 Å². The van der Waals surface area contributed by atoms with Crippen LogP contribution in [0.2, 0.25) is 0 Å².